The summed E-state index contributed by atoms with van der Waals surface area (Å²) in [5, 5.41) is 2.55. The first-order chi connectivity index (χ1) is 16.4. The van der Waals surface area contributed by atoms with Crippen LogP contribution >= 0.6 is 0 Å². The summed E-state index contributed by atoms with van der Waals surface area (Å²) in [7, 11) is -5.28. The summed E-state index contributed by atoms with van der Waals surface area (Å²) in [4.78, 5) is 12.6. The number of nitrogens with zero attached hydrogens (tertiary/aromatic N) is 2. The van der Waals surface area contributed by atoms with Gasteiger partial charge in [-0.2, -0.15) is 12.7 Å². The van der Waals surface area contributed by atoms with Crippen molar-refractivity contribution in [3.8, 4) is 0 Å². The van der Waals surface area contributed by atoms with Gasteiger partial charge in [0.15, 0.2) is 0 Å². The van der Waals surface area contributed by atoms with Crippen LogP contribution in [0.1, 0.15) is 5.56 Å². The van der Waals surface area contributed by atoms with Crippen molar-refractivity contribution in [1.29, 1.82) is 0 Å². The Kier molecular flexibility index (Phi) is 7.78. The molecule has 0 heterocycles. The molecule has 9 nitrogen and oxygen atoms in total. The van der Waals surface area contributed by atoms with Gasteiger partial charge in [0.25, 0.3) is 10.0 Å². The Morgan fingerprint density at radius 1 is 0.886 bits per heavy atom. The number of halogens is 1. The Balaban J connectivity index is 1.75. The van der Waals surface area contributed by atoms with Gasteiger partial charge < -0.3 is 5.32 Å². The molecule has 0 saturated carbocycles. The molecule has 0 atom stereocenters. The van der Waals surface area contributed by atoms with Crippen LogP contribution in [-0.4, -0.2) is 47.7 Å². The number of sulfonamides is 1. The van der Waals surface area contributed by atoms with Crippen molar-refractivity contribution in [2.75, 3.05) is 35.0 Å². The summed E-state index contributed by atoms with van der Waals surface area (Å²) in [5.74, 6) is -1.22. The number of hydrogen-bond acceptors (Lipinski definition) is 5. The second-order valence-corrected chi connectivity index (χ2v) is 11.5. The maximum atomic E-state index is 13.3. The van der Waals surface area contributed by atoms with Gasteiger partial charge in [-0.3, -0.25) is 9.52 Å². The molecule has 1 amide bonds. The number of para-hydroxylation sites is 1. The summed E-state index contributed by atoms with van der Waals surface area (Å²) >= 11 is 0. The molecule has 3 aromatic rings. The zero-order chi connectivity index (χ0) is 25.8. The average molecular weight is 521 g/mol. The first-order valence-corrected chi connectivity index (χ1v) is 13.2. The van der Waals surface area contributed by atoms with Crippen LogP contribution < -0.4 is 14.3 Å². The number of rotatable bonds is 9. The van der Waals surface area contributed by atoms with Crippen molar-refractivity contribution in [2.24, 2.45) is 0 Å². The summed E-state index contributed by atoms with van der Waals surface area (Å²) in [5.41, 5.74) is 1.59. The molecule has 3 rings (SSSR count). The minimum absolute atomic E-state index is 0.0122. The highest BCUT2D eigenvalue weighted by Gasteiger charge is 2.27. The highest BCUT2D eigenvalue weighted by atomic mass is 32.2. The second-order valence-electron chi connectivity index (χ2n) is 7.77. The van der Waals surface area contributed by atoms with Crippen LogP contribution in [0.2, 0.25) is 0 Å². The van der Waals surface area contributed by atoms with E-state index in [2.05, 4.69) is 10.0 Å². The molecule has 0 unspecified atom stereocenters. The maximum absolute atomic E-state index is 13.3. The minimum Gasteiger partial charge on any atom is -0.325 e. The van der Waals surface area contributed by atoms with Gasteiger partial charge in [0.2, 0.25) is 5.91 Å². The highest BCUT2D eigenvalue weighted by molar-refractivity contribution is 7.92. The topological polar surface area (TPSA) is 116 Å². The molecular formula is C23H25FN4O5S2. The van der Waals surface area contributed by atoms with E-state index in [1.165, 1.54) is 50.5 Å². The summed E-state index contributed by atoms with van der Waals surface area (Å²) < 4.78 is 68.4. The van der Waals surface area contributed by atoms with Crippen molar-refractivity contribution in [1.82, 2.24) is 4.31 Å². The number of amides is 1. The van der Waals surface area contributed by atoms with Gasteiger partial charge in [0, 0.05) is 19.8 Å². The number of benzene rings is 3. The van der Waals surface area contributed by atoms with Gasteiger partial charge in [-0.05, 0) is 67.1 Å². The van der Waals surface area contributed by atoms with Crippen LogP contribution in [0.4, 0.5) is 21.5 Å². The van der Waals surface area contributed by atoms with Crippen LogP contribution in [0.15, 0.2) is 77.7 Å². The van der Waals surface area contributed by atoms with Crippen molar-refractivity contribution in [3.63, 3.8) is 0 Å². The monoisotopic (exact) mass is 520 g/mol. The molecule has 0 fully saturated rings. The number of carbonyl (C=O) groups is 1. The van der Waals surface area contributed by atoms with Gasteiger partial charge in [0.05, 0.1) is 16.3 Å². The Hall–Kier alpha value is -3.48. The van der Waals surface area contributed by atoms with Crippen molar-refractivity contribution in [3.05, 3.63) is 84.2 Å². The van der Waals surface area contributed by atoms with Gasteiger partial charge in [-0.1, -0.05) is 18.2 Å². The molecule has 0 radical (unpaired) electrons. The lowest BCUT2D eigenvalue weighted by molar-refractivity contribution is -0.114. The third-order valence-corrected chi connectivity index (χ3v) is 8.18. The van der Waals surface area contributed by atoms with E-state index in [0.717, 1.165) is 26.3 Å². The molecule has 2 N–H and O–H groups in total. The van der Waals surface area contributed by atoms with Gasteiger partial charge in [0.1, 0.15) is 12.4 Å². The molecule has 186 valence electrons. The lowest BCUT2D eigenvalue weighted by atomic mass is 10.2. The van der Waals surface area contributed by atoms with Crippen LogP contribution in [-0.2, 0) is 25.0 Å². The molecular weight excluding hydrogens is 495 g/mol. The van der Waals surface area contributed by atoms with E-state index in [0.29, 0.717) is 5.69 Å². The predicted molar refractivity (Wildman–Crippen MR) is 133 cm³/mol. The van der Waals surface area contributed by atoms with Crippen LogP contribution in [0.3, 0.4) is 0 Å². The fraction of sp³-hybridized carbons (Fsp3) is 0.174. The van der Waals surface area contributed by atoms with Crippen molar-refractivity contribution < 1.29 is 26.0 Å². The Morgan fingerprint density at radius 2 is 1.49 bits per heavy atom. The van der Waals surface area contributed by atoms with Crippen molar-refractivity contribution in [2.45, 2.75) is 11.8 Å². The second kappa shape index (κ2) is 10.4. The molecule has 0 aromatic heterocycles. The third-order valence-electron chi connectivity index (χ3n) is 4.98. The first kappa shape index (κ1) is 26.1. The third kappa shape index (κ3) is 6.35. The maximum Gasteiger partial charge on any atom is 0.304 e. The Labute approximate surface area is 204 Å². The minimum atomic E-state index is -4.06. The molecule has 35 heavy (non-hydrogen) atoms. The molecule has 12 heteroatoms. The first-order valence-electron chi connectivity index (χ1n) is 10.3. The standard InChI is InChI=1S/C23H25FN4O5S2/c1-17-6-4-5-7-22(17)26-34(30,31)21-14-10-19(11-15-21)25-23(29)16-28(35(32,33)27(2)3)20-12-8-18(24)9-13-20/h4-15,26H,16H2,1-3H3,(H,25,29). The molecule has 0 aliphatic rings. The molecule has 0 spiro atoms. The Morgan fingerprint density at radius 3 is 2.06 bits per heavy atom. The Bertz CT molecular complexity index is 1410. The van der Waals surface area contributed by atoms with E-state index in [-0.39, 0.29) is 16.3 Å². The summed E-state index contributed by atoms with van der Waals surface area (Å²) in [6.07, 6.45) is 0. The van der Waals surface area contributed by atoms with Crippen LogP contribution in [0.5, 0.6) is 0 Å². The average Bonchev–Trinajstić information content (AvgIpc) is 2.80. The molecule has 0 aliphatic heterocycles. The highest BCUT2D eigenvalue weighted by Crippen LogP contribution is 2.22. The normalized spacial score (nSPS) is 11.8. The predicted octanol–water partition coefficient (Wildman–Crippen LogP) is 3.19. The van der Waals surface area contributed by atoms with Gasteiger partial charge in [-0.25, -0.2) is 17.1 Å². The van der Waals surface area contributed by atoms with Crippen LogP contribution in [0.25, 0.3) is 0 Å². The largest absolute Gasteiger partial charge is 0.325 e. The molecule has 0 saturated heterocycles. The number of carbonyl (C=O) groups excluding carboxylic acids is 1. The fourth-order valence-corrected chi connectivity index (χ4v) is 5.24. The van der Waals surface area contributed by atoms with E-state index in [1.807, 2.05) is 0 Å². The smallest absolute Gasteiger partial charge is 0.304 e. The summed E-state index contributed by atoms with van der Waals surface area (Å²) in [6.45, 7) is 1.20. The quantitative estimate of drug-likeness (QED) is 0.450. The number of nitrogens with one attached hydrogen (secondary N) is 2. The fourth-order valence-electron chi connectivity index (χ4n) is 3.05. The summed E-state index contributed by atoms with van der Waals surface area (Å²) in [6, 6.07) is 17.1. The molecule has 0 aliphatic carbocycles. The molecule has 0 bridgehead atoms. The zero-order valence-electron chi connectivity index (χ0n) is 19.3. The number of aryl methyl sites for hydroxylation is 1. The van der Waals surface area contributed by atoms with E-state index in [4.69, 9.17) is 0 Å². The zero-order valence-corrected chi connectivity index (χ0v) is 20.9. The van der Waals surface area contributed by atoms with E-state index in [9.17, 15) is 26.0 Å². The SMILES string of the molecule is Cc1ccccc1NS(=O)(=O)c1ccc(NC(=O)CN(c2ccc(F)cc2)S(=O)(=O)N(C)C)cc1. The molecule has 3 aromatic carbocycles. The van der Waals surface area contributed by atoms with E-state index in [1.54, 1.807) is 31.2 Å². The van der Waals surface area contributed by atoms with Gasteiger partial charge >= 0.3 is 10.2 Å². The lowest BCUT2D eigenvalue weighted by Crippen LogP contribution is -2.44. The van der Waals surface area contributed by atoms with Crippen molar-refractivity contribution >= 4 is 43.2 Å². The van der Waals surface area contributed by atoms with E-state index < -0.39 is 38.5 Å². The van der Waals surface area contributed by atoms with E-state index >= 15 is 0 Å². The van der Waals surface area contributed by atoms with Crippen LogP contribution in [0, 0.1) is 12.7 Å². The number of hydrogen-bond donors (Lipinski definition) is 2. The van der Waals surface area contributed by atoms with Gasteiger partial charge in [-0.15, -0.1) is 0 Å². The number of anilines is 3. The lowest BCUT2D eigenvalue weighted by Gasteiger charge is -2.26.